The van der Waals surface area contributed by atoms with Gasteiger partial charge in [0.25, 0.3) is 11.1 Å². The van der Waals surface area contributed by atoms with Gasteiger partial charge in [-0.3, -0.25) is 19.3 Å². The highest BCUT2D eigenvalue weighted by molar-refractivity contribution is 9.10. The predicted molar refractivity (Wildman–Crippen MR) is 148 cm³/mol. The highest BCUT2D eigenvalue weighted by Crippen LogP contribution is 2.35. The van der Waals surface area contributed by atoms with Gasteiger partial charge in [-0.05, 0) is 72.5 Å². The molecule has 0 N–H and O–H groups in total. The summed E-state index contributed by atoms with van der Waals surface area (Å²) < 4.78 is 2.83. The van der Waals surface area contributed by atoms with Gasteiger partial charge in [0, 0.05) is 45.2 Å². The van der Waals surface area contributed by atoms with Crippen molar-refractivity contribution in [1.82, 2.24) is 14.4 Å². The van der Waals surface area contributed by atoms with Gasteiger partial charge in [0.2, 0.25) is 5.91 Å². The number of hydrogen-bond acceptors (Lipinski definition) is 4. The molecule has 0 spiro atoms. The lowest BCUT2D eigenvalue weighted by Crippen LogP contribution is -2.39. The maximum Gasteiger partial charge on any atom is 0.293 e. The van der Waals surface area contributed by atoms with Crippen LogP contribution in [0.15, 0.2) is 58.0 Å². The van der Waals surface area contributed by atoms with Crippen LogP contribution < -0.4 is 0 Å². The van der Waals surface area contributed by atoms with E-state index in [9.17, 15) is 14.4 Å². The van der Waals surface area contributed by atoms with Crippen molar-refractivity contribution in [1.29, 1.82) is 0 Å². The zero-order valence-corrected chi connectivity index (χ0v) is 22.9. The smallest absolute Gasteiger partial charge is 0.293 e. The summed E-state index contributed by atoms with van der Waals surface area (Å²) in [5, 5.41) is 1.21. The minimum Gasteiger partial charge on any atom is -0.341 e. The number of fused-ring (bicyclic) bond motifs is 1. The topological polar surface area (TPSA) is 62.6 Å². The van der Waals surface area contributed by atoms with Crippen LogP contribution in [-0.4, -0.2) is 44.5 Å². The second kappa shape index (κ2) is 10.4. The molecule has 1 aromatic heterocycles. The summed E-state index contributed by atoms with van der Waals surface area (Å²) in [5.74, 6) is 0.423. The number of carbonyl (C=O) groups is 3. The van der Waals surface area contributed by atoms with Crippen LogP contribution >= 0.6 is 39.3 Å². The lowest BCUT2D eigenvalue weighted by Gasteiger charge is -2.30. The average Bonchev–Trinajstić information content (AvgIpc) is 3.31. The van der Waals surface area contributed by atoms with E-state index >= 15 is 0 Å². The SMILES string of the molecule is CC1CCN(C(=O)Cn2cc(/C=C3\SC(=O)N(Cc4ccc(Cl)cc4)C3=O)c3cc(Br)ccc32)CC1. The fourth-order valence-corrected chi connectivity index (χ4v) is 5.91. The molecular formula is C27H25BrClN3O3S. The molecule has 6 nitrogen and oxygen atoms in total. The van der Waals surface area contributed by atoms with Crippen LogP contribution in [0.1, 0.15) is 30.9 Å². The number of thioether (sulfide) groups is 1. The van der Waals surface area contributed by atoms with Crippen molar-refractivity contribution in [3.63, 3.8) is 0 Å². The van der Waals surface area contributed by atoms with Crippen LogP contribution in [0.2, 0.25) is 5.02 Å². The second-order valence-electron chi connectivity index (χ2n) is 9.33. The van der Waals surface area contributed by atoms with Crippen LogP contribution in [-0.2, 0) is 22.7 Å². The van der Waals surface area contributed by atoms with E-state index < -0.39 is 0 Å². The van der Waals surface area contributed by atoms with Crippen molar-refractivity contribution in [3.8, 4) is 0 Å². The van der Waals surface area contributed by atoms with Crippen molar-refractivity contribution in [2.75, 3.05) is 13.1 Å². The third kappa shape index (κ3) is 5.26. The average molecular weight is 587 g/mol. The Hall–Kier alpha value is -2.55. The highest BCUT2D eigenvalue weighted by Gasteiger charge is 2.35. The zero-order valence-electron chi connectivity index (χ0n) is 19.7. The monoisotopic (exact) mass is 585 g/mol. The molecule has 0 atom stereocenters. The van der Waals surface area contributed by atoms with E-state index in [0.717, 1.165) is 64.2 Å². The number of rotatable bonds is 5. The van der Waals surface area contributed by atoms with Crippen LogP contribution in [0.3, 0.4) is 0 Å². The Bertz CT molecular complexity index is 1380. The fourth-order valence-electron chi connectivity index (χ4n) is 4.60. The van der Waals surface area contributed by atoms with Gasteiger partial charge in [-0.1, -0.05) is 46.6 Å². The summed E-state index contributed by atoms with van der Waals surface area (Å²) in [5.41, 5.74) is 2.53. The van der Waals surface area contributed by atoms with Crippen LogP contribution in [0.4, 0.5) is 4.79 Å². The van der Waals surface area contributed by atoms with E-state index in [0.29, 0.717) is 15.8 Å². The van der Waals surface area contributed by atoms with Gasteiger partial charge in [0.05, 0.1) is 11.4 Å². The number of likely N-dealkylation sites (tertiary alicyclic amines) is 1. The number of halogens is 2. The lowest BCUT2D eigenvalue weighted by atomic mass is 9.99. The molecule has 9 heteroatoms. The van der Waals surface area contributed by atoms with E-state index in [1.807, 2.05) is 33.9 Å². The van der Waals surface area contributed by atoms with E-state index in [2.05, 4.69) is 22.9 Å². The predicted octanol–water partition coefficient (Wildman–Crippen LogP) is 6.55. The molecular weight excluding hydrogens is 562 g/mol. The quantitative estimate of drug-likeness (QED) is 0.318. The van der Waals surface area contributed by atoms with E-state index in [4.69, 9.17) is 11.6 Å². The molecule has 0 radical (unpaired) electrons. The molecule has 0 bridgehead atoms. The van der Waals surface area contributed by atoms with Gasteiger partial charge < -0.3 is 9.47 Å². The van der Waals surface area contributed by atoms with Gasteiger partial charge in [-0.15, -0.1) is 0 Å². The number of benzene rings is 2. The molecule has 3 amide bonds. The Morgan fingerprint density at radius 1 is 1.14 bits per heavy atom. The molecule has 2 aromatic carbocycles. The second-order valence-corrected chi connectivity index (χ2v) is 11.7. The number of carbonyl (C=O) groups excluding carboxylic acids is 3. The van der Waals surface area contributed by atoms with Gasteiger partial charge >= 0.3 is 0 Å². The maximum absolute atomic E-state index is 13.1. The summed E-state index contributed by atoms with van der Waals surface area (Å²) in [6.45, 7) is 4.23. The minimum atomic E-state index is -0.325. The van der Waals surface area contributed by atoms with E-state index in [1.165, 1.54) is 4.90 Å². The molecule has 0 unspecified atom stereocenters. The zero-order chi connectivity index (χ0) is 25.4. The first-order valence-electron chi connectivity index (χ1n) is 11.8. The maximum atomic E-state index is 13.1. The van der Waals surface area contributed by atoms with Crippen molar-refractivity contribution in [2.24, 2.45) is 5.92 Å². The number of amides is 3. The standard InChI is InChI=1S/C27H25BrClN3O3S/c1-17-8-10-30(11-9-17)25(33)16-31-15-19(22-13-20(28)4-7-23(22)31)12-24-26(34)32(27(35)36-24)14-18-2-5-21(29)6-3-18/h2-7,12-13,15,17H,8-11,14,16H2,1H3/b24-12-. The van der Waals surface area contributed by atoms with Crippen molar-refractivity contribution in [3.05, 3.63) is 74.2 Å². The van der Waals surface area contributed by atoms with Crippen LogP contribution in [0.5, 0.6) is 0 Å². The lowest BCUT2D eigenvalue weighted by molar-refractivity contribution is -0.133. The number of hydrogen-bond donors (Lipinski definition) is 0. The van der Waals surface area contributed by atoms with Crippen molar-refractivity contribution in [2.45, 2.75) is 32.9 Å². The molecule has 2 saturated heterocycles. The third-order valence-corrected chi connectivity index (χ3v) is 8.38. The van der Waals surface area contributed by atoms with E-state index in [-0.39, 0.29) is 30.1 Å². The largest absolute Gasteiger partial charge is 0.341 e. The Balaban J connectivity index is 1.41. The molecule has 186 valence electrons. The Morgan fingerprint density at radius 3 is 2.58 bits per heavy atom. The minimum absolute atomic E-state index is 0.0940. The summed E-state index contributed by atoms with van der Waals surface area (Å²) in [4.78, 5) is 42.4. The first-order chi connectivity index (χ1) is 17.3. The first kappa shape index (κ1) is 25.1. The van der Waals surface area contributed by atoms with Gasteiger partial charge in [-0.2, -0.15) is 0 Å². The van der Waals surface area contributed by atoms with E-state index in [1.54, 1.807) is 30.3 Å². The molecule has 2 aliphatic rings. The van der Waals surface area contributed by atoms with Crippen LogP contribution in [0.25, 0.3) is 17.0 Å². The molecule has 3 heterocycles. The highest BCUT2D eigenvalue weighted by atomic mass is 79.9. The normalized spacial score (nSPS) is 18.1. The molecule has 0 aliphatic carbocycles. The molecule has 0 saturated carbocycles. The third-order valence-electron chi connectivity index (χ3n) is 6.73. The summed E-state index contributed by atoms with van der Waals surface area (Å²) in [6.07, 6.45) is 5.71. The Morgan fingerprint density at radius 2 is 1.86 bits per heavy atom. The summed E-state index contributed by atoms with van der Waals surface area (Å²) in [6, 6.07) is 13.0. The van der Waals surface area contributed by atoms with Crippen molar-refractivity contribution >= 4 is 73.3 Å². The Kier molecular flexibility index (Phi) is 7.28. The number of nitrogens with zero attached hydrogens (tertiary/aromatic N) is 3. The van der Waals surface area contributed by atoms with Gasteiger partial charge in [0.1, 0.15) is 6.54 Å². The van der Waals surface area contributed by atoms with Crippen molar-refractivity contribution < 1.29 is 14.4 Å². The summed E-state index contributed by atoms with van der Waals surface area (Å²) >= 11 is 10.4. The Labute approximate surface area is 227 Å². The van der Waals surface area contributed by atoms with Crippen LogP contribution in [0, 0.1) is 5.92 Å². The number of piperidine rings is 1. The number of aromatic nitrogens is 1. The molecule has 36 heavy (non-hydrogen) atoms. The first-order valence-corrected chi connectivity index (χ1v) is 13.8. The summed E-state index contributed by atoms with van der Waals surface area (Å²) in [7, 11) is 0. The molecule has 2 fully saturated rings. The fraction of sp³-hybridized carbons (Fsp3) is 0.296. The molecule has 5 rings (SSSR count). The molecule has 2 aliphatic heterocycles. The van der Waals surface area contributed by atoms with Gasteiger partial charge in [0.15, 0.2) is 0 Å². The van der Waals surface area contributed by atoms with Gasteiger partial charge in [-0.25, -0.2) is 0 Å². The molecule has 3 aromatic rings. The number of imide groups is 1.